The van der Waals surface area contributed by atoms with Gasteiger partial charge in [0, 0.05) is 37.7 Å². The van der Waals surface area contributed by atoms with Gasteiger partial charge in [0.25, 0.3) is 0 Å². The molecular formula is C23H27N5O2S. The minimum Gasteiger partial charge on any atom is -0.486 e. The van der Waals surface area contributed by atoms with Crippen LogP contribution in [0.15, 0.2) is 47.9 Å². The summed E-state index contributed by atoms with van der Waals surface area (Å²) in [6.45, 7) is 4.32. The summed E-state index contributed by atoms with van der Waals surface area (Å²) in [4.78, 5) is 6.59. The third kappa shape index (κ3) is 4.70. The van der Waals surface area contributed by atoms with Crippen LogP contribution in [0.3, 0.4) is 0 Å². The van der Waals surface area contributed by atoms with Gasteiger partial charge in [-0.25, -0.2) is 0 Å². The van der Waals surface area contributed by atoms with E-state index in [0.29, 0.717) is 19.1 Å². The Kier molecular flexibility index (Phi) is 6.08. The van der Waals surface area contributed by atoms with Gasteiger partial charge in [0.1, 0.15) is 19.0 Å². The summed E-state index contributed by atoms with van der Waals surface area (Å²) in [6.07, 6.45) is 5.87. The highest BCUT2D eigenvalue weighted by molar-refractivity contribution is 7.98. The number of ether oxygens (including phenoxy) is 2. The lowest BCUT2D eigenvalue weighted by Crippen LogP contribution is -2.33. The van der Waals surface area contributed by atoms with Crippen LogP contribution in [0.25, 0.3) is 0 Å². The molecule has 0 amide bonds. The van der Waals surface area contributed by atoms with Crippen molar-refractivity contribution >= 4 is 11.8 Å². The van der Waals surface area contributed by atoms with Crippen LogP contribution in [0.4, 0.5) is 0 Å². The number of piperidine rings is 1. The van der Waals surface area contributed by atoms with Crippen LogP contribution in [0.1, 0.15) is 35.7 Å². The summed E-state index contributed by atoms with van der Waals surface area (Å²) in [5.41, 5.74) is 2.52. The molecule has 7 nitrogen and oxygen atoms in total. The Morgan fingerprint density at radius 1 is 0.968 bits per heavy atom. The van der Waals surface area contributed by atoms with E-state index in [2.05, 4.69) is 43.8 Å². The van der Waals surface area contributed by atoms with E-state index >= 15 is 0 Å². The number of hydrogen-bond donors (Lipinski definition) is 0. The standard InChI is InChI=1S/C23H27N5O2S/c1-27-22(25-26-23(27)31-16-17-4-8-24-9-5-17)19-6-10-28(11-7-19)15-18-2-3-20-21(14-18)30-13-12-29-20/h2-5,8-9,14,19H,6-7,10-13,15-16H2,1H3. The third-order valence-electron chi connectivity index (χ3n) is 5.95. The molecule has 8 heteroatoms. The summed E-state index contributed by atoms with van der Waals surface area (Å²) in [5.74, 6) is 4.17. The number of likely N-dealkylation sites (tertiary alicyclic amines) is 1. The molecule has 2 aliphatic heterocycles. The molecule has 4 heterocycles. The van der Waals surface area contributed by atoms with Crippen LogP contribution in [0.2, 0.25) is 0 Å². The monoisotopic (exact) mass is 437 g/mol. The second kappa shape index (κ2) is 9.28. The molecule has 3 aromatic rings. The van der Waals surface area contributed by atoms with Gasteiger partial charge in [-0.15, -0.1) is 10.2 Å². The van der Waals surface area contributed by atoms with Crippen LogP contribution in [-0.4, -0.2) is 51.0 Å². The number of benzene rings is 1. The van der Waals surface area contributed by atoms with Gasteiger partial charge < -0.3 is 14.0 Å². The predicted molar refractivity (Wildman–Crippen MR) is 119 cm³/mol. The van der Waals surface area contributed by atoms with Crippen LogP contribution < -0.4 is 9.47 Å². The van der Waals surface area contributed by atoms with E-state index in [9.17, 15) is 0 Å². The van der Waals surface area contributed by atoms with E-state index in [-0.39, 0.29) is 0 Å². The number of nitrogens with zero attached hydrogens (tertiary/aromatic N) is 5. The maximum absolute atomic E-state index is 5.73. The minimum atomic E-state index is 0.462. The molecule has 2 aromatic heterocycles. The van der Waals surface area contributed by atoms with E-state index in [4.69, 9.17) is 9.47 Å². The van der Waals surface area contributed by atoms with Gasteiger partial charge in [-0.05, 0) is 61.3 Å². The Morgan fingerprint density at radius 3 is 2.55 bits per heavy atom. The average molecular weight is 438 g/mol. The van der Waals surface area contributed by atoms with Crippen molar-refractivity contribution in [1.29, 1.82) is 0 Å². The summed E-state index contributed by atoms with van der Waals surface area (Å²) in [6, 6.07) is 10.4. The van der Waals surface area contributed by atoms with Crippen LogP contribution in [-0.2, 0) is 19.3 Å². The fraction of sp³-hybridized carbons (Fsp3) is 0.435. The number of hydrogen-bond acceptors (Lipinski definition) is 7. The highest BCUT2D eigenvalue weighted by atomic mass is 32.2. The number of pyridine rings is 1. The first-order valence-corrected chi connectivity index (χ1v) is 11.8. The van der Waals surface area contributed by atoms with Gasteiger partial charge in [0.05, 0.1) is 0 Å². The normalized spacial score (nSPS) is 17.1. The smallest absolute Gasteiger partial charge is 0.191 e. The maximum atomic E-state index is 5.73. The zero-order valence-corrected chi connectivity index (χ0v) is 18.6. The first kappa shape index (κ1) is 20.3. The predicted octanol–water partition coefficient (Wildman–Crippen LogP) is 3.65. The highest BCUT2D eigenvalue weighted by Gasteiger charge is 2.25. The Balaban J connectivity index is 1.16. The highest BCUT2D eigenvalue weighted by Crippen LogP contribution is 2.33. The molecule has 0 bridgehead atoms. The van der Waals surface area contributed by atoms with Gasteiger partial charge in [0.15, 0.2) is 16.7 Å². The lowest BCUT2D eigenvalue weighted by Gasteiger charge is -2.31. The molecule has 0 saturated carbocycles. The van der Waals surface area contributed by atoms with E-state index in [1.54, 1.807) is 11.8 Å². The fourth-order valence-corrected chi connectivity index (χ4v) is 5.10. The lowest BCUT2D eigenvalue weighted by molar-refractivity contribution is 0.170. The molecule has 2 aliphatic rings. The van der Waals surface area contributed by atoms with Crippen molar-refractivity contribution in [3.8, 4) is 11.5 Å². The Morgan fingerprint density at radius 2 is 1.74 bits per heavy atom. The molecule has 1 aromatic carbocycles. The minimum absolute atomic E-state index is 0.462. The van der Waals surface area contributed by atoms with Crippen LogP contribution in [0.5, 0.6) is 11.5 Å². The Labute approximate surface area is 186 Å². The van der Waals surface area contributed by atoms with Crippen molar-refractivity contribution in [2.75, 3.05) is 26.3 Å². The van der Waals surface area contributed by atoms with E-state index in [0.717, 1.165) is 60.7 Å². The first-order valence-electron chi connectivity index (χ1n) is 10.8. The lowest BCUT2D eigenvalue weighted by atomic mass is 9.95. The molecule has 0 N–H and O–H groups in total. The molecule has 1 saturated heterocycles. The van der Waals surface area contributed by atoms with Gasteiger partial charge >= 0.3 is 0 Å². The number of aromatic nitrogens is 4. The van der Waals surface area contributed by atoms with Gasteiger partial charge in [0.2, 0.25) is 0 Å². The summed E-state index contributed by atoms with van der Waals surface area (Å²) < 4.78 is 13.5. The van der Waals surface area contributed by atoms with Crippen molar-refractivity contribution in [3.63, 3.8) is 0 Å². The Hall–Kier alpha value is -2.58. The van der Waals surface area contributed by atoms with E-state index < -0.39 is 0 Å². The number of rotatable bonds is 6. The molecule has 0 atom stereocenters. The molecule has 0 radical (unpaired) electrons. The maximum Gasteiger partial charge on any atom is 0.191 e. The number of thioether (sulfide) groups is 1. The summed E-state index contributed by atoms with van der Waals surface area (Å²) in [5, 5.41) is 9.97. The summed E-state index contributed by atoms with van der Waals surface area (Å²) >= 11 is 1.73. The molecule has 162 valence electrons. The van der Waals surface area contributed by atoms with Crippen molar-refractivity contribution < 1.29 is 9.47 Å². The first-order chi connectivity index (χ1) is 15.3. The molecule has 0 unspecified atom stereocenters. The molecule has 0 aliphatic carbocycles. The fourth-order valence-electron chi connectivity index (χ4n) is 4.23. The van der Waals surface area contributed by atoms with E-state index in [1.165, 1.54) is 11.1 Å². The quantitative estimate of drug-likeness (QED) is 0.545. The second-order valence-corrected chi connectivity index (χ2v) is 9.01. The molecular weight excluding hydrogens is 410 g/mol. The SMILES string of the molecule is Cn1c(SCc2ccncc2)nnc1C1CCN(Cc2ccc3c(c2)OCCO3)CC1. The largest absolute Gasteiger partial charge is 0.486 e. The van der Waals surface area contributed by atoms with Gasteiger partial charge in [-0.2, -0.15) is 0 Å². The van der Waals surface area contributed by atoms with Crippen molar-refractivity contribution in [2.45, 2.75) is 36.2 Å². The third-order valence-corrected chi connectivity index (χ3v) is 7.04. The van der Waals surface area contributed by atoms with Gasteiger partial charge in [-0.1, -0.05) is 17.8 Å². The Bertz CT molecular complexity index is 1020. The molecule has 1 fully saturated rings. The topological polar surface area (TPSA) is 65.3 Å². The molecule has 31 heavy (non-hydrogen) atoms. The molecule has 0 spiro atoms. The van der Waals surface area contributed by atoms with Crippen LogP contribution >= 0.6 is 11.8 Å². The van der Waals surface area contributed by atoms with Crippen LogP contribution in [0, 0.1) is 0 Å². The van der Waals surface area contributed by atoms with Gasteiger partial charge in [-0.3, -0.25) is 9.88 Å². The average Bonchev–Trinajstić information content (AvgIpc) is 3.19. The van der Waals surface area contributed by atoms with E-state index in [1.807, 2.05) is 30.6 Å². The number of fused-ring (bicyclic) bond motifs is 1. The zero-order chi connectivity index (χ0) is 21.0. The summed E-state index contributed by atoms with van der Waals surface area (Å²) in [7, 11) is 2.09. The zero-order valence-electron chi connectivity index (χ0n) is 17.7. The van der Waals surface area contributed by atoms with Crippen molar-refractivity contribution in [2.24, 2.45) is 7.05 Å². The van der Waals surface area contributed by atoms with Crippen molar-refractivity contribution in [3.05, 3.63) is 59.7 Å². The molecule has 5 rings (SSSR count). The second-order valence-electron chi connectivity index (χ2n) is 8.07. The van der Waals surface area contributed by atoms with Crippen molar-refractivity contribution in [1.82, 2.24) is 24.6 Å².